The minimum absolute atomic E-state index is 0.0264. The van der Waals surface area contributed by atoms with Crippen molar-refractivity contribution in [3.05, 3.63) is 71.5 Å². The highest BCUT2D eigenvalue weighted by molar-refractivity contribution is 5.81. The molecule has 0 spiro atoms. The van der Waals surface area contributed by atoms with E-state index in [0.717, 1.165) is 23.3 Å². The largest absolute Gasteiger partial charge is 0.477 e. The fraction of sp³-hybridized carbons (Fsp3) is 0.400. The van der Waals surface area contributed by atoms with Gasteiger partial charge in [0.05, 0.1) is 46.1 Å². The number of benzene rings is 1. The van der Waals surface area contributed by atoms with Crippen LogP contribution in [-0.4, -0.2) is 60.6 Å². The van der Waals surface area contributed by atoms with Crippen LogP contribution in [0.4, 0.5) is 18.9 Å². The second-order valence-corrected chi connectivity index (χ2v) is 10.5. The Morgan fingerprint density at radius 2 is 1.93 bits per heavy atom. The summed E-state index contributed by atoms with van der Waals surface area (Å²) in [5, 5.41) is 12.9. The molecule has 3 aromatic rings. The van der Waals surface area contributed by atoms with E-state index in [9.17, 15) is 23.2 Å². The Hall–Kier alpha value is -4.17. The minimum Gasteiger partial charge on any atom is -0.477 e. The summed E-state index contributed by atoms with van der Waals surface area (Å²) in [6.07, 6.45) is -0.122. The number of ether oxygens (including phenoxy) is 1. The van der Waals surface area contributed by atoms with Crippen LogP contribution in [0, 0.1) is 17.2 Å². The van der Waals surface area contributed by atoms with Gasteiger partial charge in [-0.3, -0.25) is 9.78 Å². The first-order valence-corrected chi connectivity index (χ1v) is 13.5. The molecular weight excluding hydrogens is 533 g/mol. The zero-order valence-electron chi connectivity index (χ0n) is 22.9. The SMILES string of the molecule is CCOc1ncccc1-c1ccc(C2(NC(=O)C3CN(C)C3)CCN(c3ccc(C(F)(F)F)cc3C#N)CC2)cn1. The number of hydrogen-bond donors (Lipinski definition) is 1. The van der Waals surface area contributed by atoms with Crippen molar-refractivity contribution in [1.29, 1.82) is 5.26 Å². The maximum Gasteiger partial charge on any atom is 0.416 e. The number of halogens is 3. The lowest BCUT2D eigenvalue weighted by atomic mass is 9.80. The Labute approximate surface area is 236 Å². The van der Waals surface area contributed by atoms with Crippen molar-refractivity contribution in [3.8, 4) is 23.2 Å². The molecule has 1 amide bonds. The number of aromatic nitrogens is 2. The zero-order valence-corrected chi connectivity index (χ0v) is 22.9. The van der Waals surface area contributed by atoms with Crippen LogP contribution >= 0.6 is 0 Å². The van der Waals surface area contributed by atoms with Crippen LogP contribution in [0.3, 0.4) is 0 Å². The highest BCUT2D eigenvalue weighted by Gasteiger charge is 2.41. The first-order valence-electron chi connectivity index (χ1n) is 13.5. The maximum absolute atomic E-state index is 13.3. The van der Waals surface area contributed by atoms with Crippen molar-refractivity contribution in [3.63, 3.8) is 0 Å². The number of nitrogens with one attached hydrogen (secondary N) is 1. The van der Waals surface area contributed by atoms with Crippen molar-refractivity contribution in [1.82, 2.24) is 20.2 Å². The highest BCUT2D eigenvalue weighted by atomic mass is 19.4. The van der Waals surface area contributed by atoms with Gasteiger partial charge in [0, 0.05) is 38.6 Å². The second-order valence-electron chi connectivity index (χ2n) is 10.5. The molecule has 2 aliphatic heterocycles. The summed E-state index contributed by atoms with van der Waals surface area (Å²) in [5.74, 6) is 0.357. The Kier molecular flexibility index (Phi) is 7.87. The number of piperidine rings is 1. The fourth-order valence-corrected chi connectivity index (χ4v) is 5.57. The van der Waals surface area contributed by atoms with Crippen LogP contribution in [0.5, 0.6) is 5.88 Å². The maximum atomic E-state index is 13.3. The molecule has 0 aliphatic carbocycles. The third-order valence-corrected chi connectivity index (χ3v) is 7.84. The van der Waals surface area contributed by atoms with Crippen LogP contribution in [0.25, 0.3) is 11.3 Å². The standard InChI is InChI=1S/C30H31F3N6O2/c1-3-41-28-24(5-4-12-35-28)25-8-6-23(17-36-25)29(37-27(40)21-18-38(2)19-21)10-13-39(14-11-29)26-9-7-22(30(31,32)33)15-20(26)16-34/h4-9,12,15,17,21H,3,10-11,13-14,18-19H2,1-2H3,(H,37,40). The molecule has 8 nitrogen and oxygen atoms in total. The van der Waals surface area contributed by atoms with E-state index in [1.54, 1.807) is 12.4 Å². The number of alkyl halides is 3. The molecular formula is C30H31F3N6O2. The summed E-state index contributed by atoms with van der Waals surface area (Å²) >= 11 is 0. The lowest BCUT2D eigenvalue weighted by Crippen LogP contribution is -2.59. The molecule has 41 heavy (non-hydrogen) atoms. The predicted molar refractivity (Wildman–Crippen MR) is 147 cm³/mol. The Balaban J connectivity index is 1.42. The first kappa shape index (κ1) is 28.4. The molecule has 2 aliphatic rings. The van der Waals surface area contributed by atoms with Crippen molar-refractivity contribution in [2.45, 2.75) is 31.5 Å². The van der Waals surface area contributed by atoms with Gasteiger partial charge in [0.2, 0.25) is 11.8 Å². The van der Waals surface area contributed by atoms with Gasteiger partial charge in [-0.1, -0.05) is 6.07 Å². The van der Waals surface area contributed by atoms with Gasteiger partial charge in [-0.2, -0.15) is 18.4 Å². The summed E-state index contributed by atoms with van der Waals surface area (Å²) < 4.78 is 45.3. The first-order chi connectivity index (χ1) is 19.6. The van der Waals surface area contributed by atoms with Crippen molar-refractivity contribution in [2.75, 3.05) is 44.7 Å². The topological polar surface area (TPSA) is 94.4 Å². The molecule has 0 unspecified atom stereocenters. The Morgan fingerprint density at radius 3 is 2.54 bits per heavy atom. The molecule has 1 aromatic carbocycles. The average molecular weight is 565 g/mol. The van der Waals surface area contributed by atoms with E-state index in [-0.39, 0.29) is 17.4 Å². The van der Waals surface area contributed by atoms with Crippen molar-refractivity contribution in [2.24, 2.45) is 5.92 Å². The van der Waals surface area contributed by atoms with Gasteiger partial charge < -0.3 is 19.9 Å². The lowest BCUT2D eigenvalue weighted by molar-refractivity contribution is -0.137. The molecule has 0 saturated carbocycles. The number of nitrogens with zero attached hydrogens (tertiary/aromatic N) is 5. The van der Waals surface area contributed by atoms with Crippen LogP contribution in [-0.2, 0) is 16.5 Å². The minimum atomic E-state index is -4.53. The molecule has 0 bridgehead atoms. The van der Waals surface area contributed by atoms with Crippen LogP contribution in [0.15, 0.2) is 54.9 Å². The number of carbonyl (C=O) groups is 1. The molecule has 0 radical (unpaired) electrons. The van der Waals surface area contributed by atoms with Crippen molar-refractivity contribution < 1.29 is 22.7 Å². The number of likely N-dealkylation sites (tertiary alicyclic amines) is 1. The van der Waals surface area contributed by atoms with E-state index in [0.29, 0.717) is 62.9 Å². The number of amides is 1. The molecule has 1 N–H and O–H groups in total. The summed E-state index contributed by atoms with van der Waals surface area (Å²) in [5.41, 5.74) is 1.15. The van der Waals surface area contributed by atoms with Crippen LogP contribution in [0.2, 0.25) is 0 Å². The number of nitriles is 1. The molecule has 214 valence electrons. The Morgan fingerprint density at radius 1 is 1.17 bits per heavy atom. The van der Waals surface area contributed by atoms with Gasteiger partial charge in [-0.25, -0.2) is 4.98 Å². The summed E-state index contributed by atoms with van der Waals surface area (Å²) in [4.78, 5) is 26.3. The van der Waals surface area contributed by atoms with Crippen LogP contribution < -0.4 is 15.0 Å². The molecule has 2 saturated heterocycles. The summed E-state index contributed by atoms with van der Waals surface area (Å²) in [6.45, 7) is 4.59. The van der Waals surface area contributed by atoms with Crippen molar-refractivity contribution >= 4 is 11.6 Å². The molecule has 5 rings (SSSR count). The van der Waals surface area contributed by atoms with Gasteiger partial charge in [-0.15, -0.1) is 0 Å². The lowest BCUT2D eigenvalue weighted by Gasteiger charge is -2.45. The van der Waals surface area contributed by atoms with E-state index in [1.807, 2.05) is 49.2 Å². The fourth-order valence-electron chi connectivity index (χ4n) is 5.57. The van der Waals surface area contributed by atoms with Gasteiger partial charge >= 0.3 is 6.18 Å². The molecule has 2 aromatic heterocycles. The summed E-state index contributed by atoms with van der Waals surface area (Å²) in [7, 11) is 1.96. The molecule has 2 fully saturated rings. The molecule has 4 heterocycles. The van der Waals surface area contributed by atoms with Gasteiger partial charge in [-0.05, 0) is 68.8 Å². The highest BCUT2D eigenvalue weighted by Crippen LogP contribution is 2.38. The Bertz CT molecular complexity index is 1440. The van der Waals surface area contributed by atoms with Gasteiger partial charge in [0.1, 0.15) is 6.07 Å². The normalized spacial score (nSPS) is 17.4. The quantitative estimate of drug-likeness (QED) is 0.448. The second kappa shape index (κ2) is 11.4. The number of carbonyl (C=O) groups excluding carboxylic acids is 1. The van der Waals surface area contributed by atoms with Gasteiger partial charge in [0.25, 0.3) is 0 Å². The number of rotatable bonds is 7. The monoisotopic (exact) mass is 564 g/mol. The summed E-state index contributed by atoms with van der Waals surface area (Å²) in [6, 6.07) is 12.7. The van der Waals surface area contributed by atoms with E-state index in [4.69, 9.17) is 9.72 Å². The number of hydrogen-bond acceptors (Lipinski definition) is 7. The average Bonchev–Trinajstić information content (AvgIpc) is 2.95. The number of pyridine rings is 2. The molecule has 0 atom stereocenters. The number of anilines is 1. The van der Waals surface area contributed by atoms with E-state index in [1.165, 1.54) is 6.07 Å². The predicted octanol–water partition coefficient (Wildman–Crippen LogP) is 4.61. The smallest absolute Gasteiger partial charge is 0.416 e. The third-order valence-electron chi connectivity index (χ3n) is 7.84. The van der Waals surface area contributed by atoms with Gasteiger partial charge in [0.15, 0.2) is 0 Å². The zero-order chi connectivity index (χ0) is 29.2. The molecule has 11 heteroatoms. The third kappa shape index (κ3) is 5.84. The van der Waals surface area contributed by atoms with E-state index >= 15 is 0 Å². The van der Waals surface area contributed by atoms with Crippen LogP contribution in [0.1, 0.15) is 36.5 Å². The van der Waals surface area contributed by atoms with E-state index in [2.05, 4.69) is 15.2 Å². The van der Waals surface area contributed by atoms with E-state index < -0.39 is 17.3 Å².